The maximum atomic E-state index is 9.80. The van der Waals surface area contributed by atoms with Crippen LogP contribution in [0.25, 0.3) is 0 Å². The van der Waals surface area contributed by atoms with Gasteiger partial charge < -0.3 is 10.8 Å². The minimum atomic E-state index is -0.936. The van der Waals surface area contributed by atoms with Gasteiger partial charge in [-0.05, 0) is 0 Å². The average molecular weight is 215 g/mol. The largest absolute Gasteiger partial charge is 0.480 e. The topological polar surface area (TPSA) is 63.3 Å². The Morgan fingerprint density at radius 2 is 2.43 bits per heavy atom. The normalized spacial score (nSPS) is 13.4. The smallest absolute Gasteiger partial charge is 0.321 e. The molecule has 3 N–H and O–H groups in total. The summed E-state index contributed by atoms with van der Waals surface area (Å²) < 4.78 is 0.465. The molecule has 7 heavy (non-hydrogen) atoms. The molecule has 0 rings (SSSR count). The highest BCUT2D eigenvalue weighted by Crippen LogP contribution is 1.85. The van der Waals surface area contributed by atoms with Crippen molar-refractivity contribution in [2.45, 2.75) is 6.04 Å². The lowest BCUT2D eigenvalue weighted by Crippen LogP contribution is -2.31. The first kappa shape index (κ1) is 7.16. The minimum Gasteiger partial charge on any atom is -0.480 e. The Morgan fingerprint density at radius 3 is 2.43 bits per heavy atom. The molecule has 0 amide bonds. The van der Waals surface area contributed by atoms with Gasteiger partial charge in [0.15, 0.2) is 0 Å². The lowest BCUT2D eigenvalue weighted by molar-refractivity contribution is -0.137. The number of carboxylic acids is 1. The Bertz CT molecular complexity index is 75.3. The Balaban J connectivity index is 3.34. The third-order valence-electron chi connectivity index (χ3n) is 0.483. The zero-order valence-corrected chi connectivity index (χ0v) is 5.75. The van der Waals surface area contributed by atoms with Crippen LogP contribution in [0.3, 0.4) is 0 Å². The molecule has 0 aliphatic carbocycles. The summed E-state index contributed by atoms with van der Waals surface area (Å²) in [7, 11) is 0. The summed E-state index contributed by atoms with van der Waals surface area (Å²) in [5.41, 5.74) is 5.01. The number of aliphatic carboxylic acids is 1. The summed E-state index contributed by atoms with van der Waals surface area (Å²) in [5.74, 6) is -0.936. The van der Waals surface area contributed by atoms with Gasteiger partial charge in [-0.25, -0.2) is 0 Å². The molecule has 0 radical (unpaired) electrons. The highest BCUT2D eigenvalue weighted by atomic mass is 127. The SMILES string of the molecule is N[C@@H](CI)C(=O)O. The van der Waals surface area contributed by atoms with E-state index in [9.17, 15) is 4.79 Å². The zero-order valence-electron chi connectivity index (χ0n) is 3.60. The highest BCUT2D eigenvalue weighted by Gasteiger charge is 2.06. The van der Waals surface area contributed by atoms with Crippen molar-refractivity contribution < 1.29 is 9.90 Å². The van der Waals surface area contributed by atoms with Crippen LogP contribution in [-0.4, -0.2) is 21.5 Å². The van der Waals surface area contributed by atoms with Gasteiger partial charge in [0, 0.05) is 4.43 Å². The molecule has 0 aromatic heterocycles. The Kier molecular flexibility index (Phi) is 3.27. The molecular weight excluding hydrogens is 209 g/mol. The molecule has 0 spiro atoms. The van der Waals surface area contributed by atoms with Crippen LogP contribution in [0.5, 0.6) is 0 Å². The lowest BCUT2D eigenvalue weighted by atomic mass is 10.4. The molecule has 42 valence electrons. The van der Waals surface area contributed by atoms with Gasteiger partial charge in [0.05, 0.1) is 0 Å². The van der Waals surface area contributed by atoms with Crippen molar-refractivity contribution in [3.05, 3.63) is 0 Å². The summed E-state index contributed by atoms with van der Waals surface area (Å²) in [6.07, 6.45) is 0. The van der Waals surface area contributed by atoms with E-state index in [0.717, 1.165) is 0 Å². The van der Waals surface area contributed by atoms with E-state index in [0.29, 0.717) is 4.43 Å². The molecule has 1 atom stereocenters. The molecular formula is C3H6INO2. The molecule has 0 aliphatic heterocycles. The predicted molar refractivity (Wildman–Crippen MR) is 34.5 cm³/mol. The van der Waals surface area contributed by atoms with Crippen molar-refractivity contribution in [2.75, 3.05) is 4.43 Å². The molecule has 0 aliphatic rings. The Hall–Kier alpha value is 0.160. The molecule has 4 heteroatoms. The van der Waals surface area contributed by atoms with Crippen LogP contribution in [0.2, 0.25) is 0 Å². The van der Waals surface area contributed by atoms with Crippen LogP contribution in [0, 0.1) is 0 Å². The summed E-state index contributed by atoms with van der Waals surface area (Å²) in [6.45, 7) is 0. The van der Waals surface area contributed by atoms with Gasteiger partial charge >= 0.3 is 5.97 Å². The molecule has 0 saturated carbocycles. The quantitative estimate of drug-likeness (QED) is 0.496. The second-order valence-electron chi connectivity index (χ2n) is 1.10. The Morgan fingerprint density at radius 1 is 2.00 bits per heavy atom. The number of halogens is 1. The van der Waals surface area contributed by atoms with Crippen LogP contribution in [0.1, 0.15) is 0 Å². The molecule has 0 fully saturated rings. The molecule has 0 saturated heterocycles. The van der Waals surface area contributed by atoms with Crippen molar-refractivity contribution >= 4 is 28.6 Å². The summed E-state index contributed by atoms with van der Waals surface area (Å²) in [4.78, 5) is 9.80. The van der Waals surface area contributed by atoms with Crippen molar-refractivity contribution in [3.8, 4) is 0 Å². The minimum absolute atomic E-state index is 0.465. The van der Waals surface area contributed by atoms with Crippen LogP contribution in [0.4, 0.5) is 0 Å². The van der Waals surface area contributed by atoms with E-state index in [4.69, 9.17) is 10.8 Å². The maximum Gasteiger partial charge on any atom is 0.321 e. The molecule has 0 unspecified atom stereocenters. The van der Waals surface area contributed by atoms with Crippen molar-refractivity contribution in [1.29, 1.82) is 0 Å². The fourth-order valence-electron chi connectivity index (χ4n) is 0.0660. The van der Waals surface area contributed by atoms with Gasteiger partial charge in [-0.15, -0.1) is 0 Å². The van der Waals surface area contributed by atoms with E-state index in [1.807, 2.05) is 22.6 Å². The fourth-order valence-corrected chi connectivity index (χ4v) is 0.443. The first-order chi connectivity index (χ1) is 3.18. The second-order valence-corrected chi connectivity index (χ2v) is 1.98. The van der Waals surface area contributed by atoms with Crippen LogP contribution >= 0.6 is 22.6 Å². The summed E-state index contributed by atoms with van der Waals surface area (Å²) in [6, 6.07) is -0.694. The first-order valence-corrected chi connectivity index (χ1v) is 3.25. The third-order valence-corrected chi connectivity index (χ3v) is 1.43. The number of nitrogens with two attached hydrogens (primary N) is 1. The number of hydrogen-bond acceptors (Lipinski definition) is 2. The molecule has 3 nitrogen and oxygen atoms in total. The number of carboxylic acid groups (broad SMARTS) is 1. The number of alkyl halides is 1. The number of rotatable bonds is 2. The lowest BCUT2D eigenvalue weighted by Gasteiger charge is -1.95. The van der Waals surface area contributed by atoms with E-state index < -0.39 is 12.0 Å². The predicted octanol–water partition coefficient (Wildman–Crippen LogP) is -0.167. The van der Waals surface area contributed by atoms with Gasteiger partial charge in [0.1, 0.15) is 6.04 Å². The molecule has 0 aromatic rings. The second kappa shape index (κ2) is 3.20. The van der Waals surface area contributed by atoms with Gasteiger partial charge in [0.25, 0.3) is 0 Å². The highest BCUT2D eigenvalue weighted by molar-refractivity contribution is 14.1. The van der Waals surface area contributed by atoms with Gasteiger partial charge in [0.2, 0.25) is 0 Å². The first-order valence-electron chi connectivity index (χ1n) is 1.73. The monoisotopic (exact) mass is 215 g/mol. The van der Waals surface area contributed by atoms with E-state index in [2.05, 4.69) is 0 Å². The van der Waals surface area contributed by atoms with Crippen LogP contribution < -0.4 is 5.73 Å². The van der Waals surface area contributed by atoms with Crippen molar-refractivity contribution in [2.24, 2.45) is 5.73 Å². The van der Waals surface area contributed by atoms with E-state index >= 15 is 0 Å². The number of hydrogen-bond donors (Lipinski definition) is 2. The molecule has 0 bridgehead atoms. The molecule has 0 heterocycles. The van der Waals surface area contributed by atoms with E-state index in [1.165, 1.54) is 0 Å². The summed E-state index contributed by atoms with van der Waals surface area (Å²) >= 11 is 1.92. The third kappa shape index (κ3) is 2.81. The Labute approximate surface area is 55.0 Å². The van der Waals surface area contributed by atoms with Crippen LogP contribution in [0.15, 0.2) is 0 Å². The van der Waals surface area contributed by atoms with Gasteiger partial charge in [-0.2, -0.15) is 0 Å². The van der Waals surface area contributed by atoms with E-state index in [-0.39, 0.29) is 0 Å². The van der Waals surface area contributed by atoms with Crippen molar-refractivity contribution in [1.82, 2.24) is 0 Å². The van der Waals surface area contributed by atoms with Crippen molar-refractivity contribution in [3.63, 3.8) is 0 Å². The fraction of sp³-hybridized carbons (Fsp3) is 0.667. The standard InChI is InChI=1S/C3H6INO2/c4-1-2(5)3(6)7/h2H,1,5H2,(H,6,7)/t2-/m0/s1. The zero-order chi connectivity index (χ0) is 5.86. The summed E-state index contributed by atoms with van der Waals surface area (Å²) in [5, 5.41) is 8.05. The number of carbonyl (C=O) groups is 1. The van der Waals surface area contributed by atoms with E-state index in [1.54, 1.807) is 0 Å². The van der Waals surface area contributed by atoms with Crippen LogP contribution in [-0.2, 0) is 4.79 Å². The molecule has 0 aromatic carbocycles. The average Bonchev–Trinajstić information content (AvgIpc) is 1.65. The maximum absolute atomic E-state index is 9.80. The van der Waals surface area contributed by atoms with Gasteiger partial charge in [-0.1, -0.05) is 22.6 Å². The van der Waals surface area contributed by atoms with Gasteiger partial charge in [-0.3, -0.25) is 4.79 Å².